The van der Waals surface area contributed by atoms with Crippen LogP contribution >= 0.6 is 23.3 Å². The summed E-state index contributed by atoms with van der Waals surface area (Å²) in [6.45, 7) is 1.95. The quantitative estimate of drug-likeness (QED) is 0.624. The average molecular weight is 332 g/mol. The summed E-state index contributed by atoms with van der Waals surface area (Å²) >= 11 is 7.21. The highest BCUT2D eigenvalue weighted by molar-refractivity contribution is 7.10. The molecule has 0 radical (unpaired) electrons. The van der Waals surface area contributed by atoms with E-state index in [-0.39, 0.29) is 0 Å². The van der Waals surface area contributed by atoms with Crippen molar-refractivity contribution in [3.8, 4) is 11.3 Å². The van der Waals surface area contributed by atoms with Gasteiger partial charge in [-0.3, -0.25) is 4.40 Å². The highest BCUT2D eigenvalue weighted by Gasteiger charge is 2.12. The molecule has 7 nitrogen and oxygen atoms in total. The van der Waals surface area contributed by atoms with E-state index in [4.69, 9.17) is 11.8 Å². The van der Waals surface area contributed by atoms with Crippen LogP contribution in [0.25, 0.3) is 16.9 Å². The van der Waals surface area contributed by atoms with Gasteiger partial charge in [0.2, 0.25) is 0 Å². The van der Waals surface area contributed by atoms with Gasteiger partial charge < -0.3 is 5.32 Å². The summed E-state index contributed by atoms with van der Waals surface area (Å²) in [4.78, 5) is 8.81. The number of nitrogens with one attached hydrogen (secondary N) is 1. The van der Waals surface area contributed by atoms with Gasteiger partial charge in [0.05, 0.1) is 30.0 Å². The van der Waals surface area contributed by atoms with Gasteiger partial charge in [0.1, 0.15) is 5.00 Å². The van der Waals surface area contributed by atoms with Crippen LogP contribution in [0.5, 0.6) is 0 Å². The second kappa shape index (κ2) is 5.08. The van der Waals surface area contributed by atoms with E-state index in [1.165, 1.54) is 15.7 Å². The molecule has 0 unspecified atom stereocenters. The molecule has 22 heavy (non-hydrogen) atoms. The molecule has 0 saturated heterocycles. The van der Waals surface area contributed by atoms with E-state index in [9.17, 15) is 0 Å². The smallest absolute Gasteiger partial charge is 0.180 e. The molecule has 0 aliphatic carbocycles. The van der Waals surface area contributed by atoms with Crippen molar-refractivity contribution >= 4 is 39.8 Å². The third kappa shape index (κ3) is 2.22. The third-order valence-electron chi connectivity index (χ3n) is 3.15. The van der Waals surface area contributed by atoms with Crippen molar-refractivity contribution in [3.05, 3.63) is 42.7 Å². The summed E-state index contributed by atoms with van der Waals surface area (Å²) in [5, 5.41) is 8.15. The summed E-state index contributed by atoms with van der Waals surface area (Å²) < 4.78 is 7.43. The van der Waals surface area contributed by atoms with Crippen LogP contribution in [-0.2, 0) is 0 Å². The van der Waals surface area contributed by atoms with Crippen molar-refractivity contribution < 1.29 is 0 Å². The number of halogens is 1. The molecule has 0 aliphatic rings. The molecule has 0 amide bonds. The molecule has 4 heterocycles. The van der Waals surface area contributed by atoms with Crippen molar-refractivity contribution in [2.75, 3.05) is 5.32 Å². The summed E-state index contributed by atoms with van der Waals surface area (Å²) in [5.74, 6) is 0.677. The second-order valence-corrected chi connectivity index (χ2v) is 5.84. The van der Waals surface area contributed by atoms with Crippen molar-refractivity contribution in [1.82, 2.24) is 28.0 Å². The van der Waals surface area contributed by atoms with Crippen LogP contribution in [0.2, 0.25) is 0 Å². The molecule has 0 atom stereocenters. The van der Waals surface area contributed by atoms with Crippen molar-refractivity contribution in [2.24, 2.45) is 0 Å². The molecule has 4 aromatic heterocycles. The fourth-order valence-electron chi connectivity index (χ4n) is 2.19. The topological polar surface area (TPSA) is 72.9 Å². The lowest BCUT2D eigenvalue weighted by Crippen LogP contribution is -1.97. The molecule has 0 saturated carbocycles. The lowest BCUT2D eigenvalue weighted by atomic mass is 10.3. The Morgan fingerprint density at radius 3 is 2.91 bits per heavy atom. The maximum Gasteiger partial charge on any atom is 0.180 e. The number of aryl methyl sites for hydroxylation is 1. The van der Waals surface area contributed by atoms with Gasteiger partial charge in [-0.15, -0.1) is 0 Å². The minimum atomic E-state index is 0.677. The summed E-state index contributed by atoms with van der Waals surface area (Å²) in [6.07, 6.45) is 8.77. The SMILES string of the molecule is Cc1cc(Nc2nccn3c(-c4cnn(Cl)c4)cnc23)sn1. The first-order chi connectivity index (χ1) is 10.7. The number of rotatable bonds is 3. The van der Waals surface area contributed by atoms with Crippen molar-refractivity contribution in [1.29, 1.82) is 0 Å². The molecular formula is C13H10ClN7S. The Morgan fingerprint density at radius 1 is 1.27 bits per heavy atom. The molecule has 0 spiro atoms. The number of imidazole rings is 1. The Bertz CT molecular complexity index is 954. The van der Waals surface area contributed by atoms with Gasteiger partial charge in [-0.25, -0.2) is 9.97 Å². The molecule has 0 bridgehead atoms. The number of fused-ring (bicyclic) bond motifs is 1. The first-order valence-electron chi connectivity index (χ1n) is 6.44. The lowest BCUT2D eigenvalue weighted by Gasteiger charge is -2.04. The zero-order valence-electron chi connectivity index (χ0n) is 11.4. The van der Waals surface area contributed by atoms with Crippen LogP contribution in [0.1, 0.15) is 5.69 Å². The van der Waals surface area contributed by atoms with Crippen LogP contribution in [0.4, 0.5) is 10.8 Å². The van der Waals surface area contributed by atoms with E-state index in [0.717, 1.165) is 27.6 Å². The minimum Gasteiger partial charge on any atom is -0.328 e. The first kappa shape index (κ1) is 13.2. The lowest BCUT2D eigenvalue weighted by molar-refractivity contribution is 0.994. The Balaban J connectivity index is 1.79. The Kier molecular flexibility index (Phi) is 3.05. The van der Waals surface area contributed by atoms with Gasteiger partial charge in [0, 0.05) is 29.7 Å². The van der Waals surface area contributed by atoms with Gasteiger partial charge >= 0.3 is 0 Å². The molecule has 4 rings (SSSR count). The van der Waals surface area contributed by atoms with Gasteiger partial charge in [-0.1, -0.05) is 0 Å². The van der Waals surface area contributed by atoms with E-state index < -0.39 is 0 Å². The standard InChI is InChI=1S/C13H10ClN7S/c1-8-4-11(22-19-8)18-12-13-16-6-10(20(13)3-2-15-12)9-5-17-21(14)7-9/h2-7H,1H3,(H,15,18). The van der Waals surface area contributed by atoms with Crippen LogP contribution in [0.3, 0.4) is 0 Å². The van der Waals surface area contributed by atoms with E-state index in [1.54, 1.807) is 24.8 Å². The number of anilines is 2. The van der Waals surface area contributed by atoms with Gasteiger partial charge in [0.25, 0.3) is 0 Å². The molecule has 0 aliphatic heterocycles. The maximum absolute atomic E-state index is 5.82. The van der Waals surface area contributed by atoms with Crippen LogP contribution in [0, 0.1) is 6.92 Å². The number of hydrogen-bond donors (Lipinski definition) is 1. The molecule has 0 aromatic carbocycles. The highest BCUT2D eigenvalue weighted by Crippen LogP contribution is 2.26. The Hall–Kier alpha value is -2.45. The van der Waals surface area contributed by atoms with E-state index in [1.807, 2.05) is 23.6 Å². The molecule has 4 aromatic rings. The molecule has 9 heteroatoms. The molecule has 1 N–H and O–H groups in total. The zero-order valence-corrected chi connectivity index (χ0v) is 13.0. The Morgan fingerprint density at radius 2 is 2.18 bits per heavy atom. The third-order valence-corrected chi connectivity index (χ3v) is 4.13. The van der Waals surface area contributed by atoms with E-state index in [2.05, 4.69) is 24.8 Å². The van der Waals surface area contributed by atoms with Gasteiger partial charge in [-0.05, 0) is 24.5 Å². The summed E-state index contributed by atoms with van der Waals surface area (Å²) in [5.41, 5.74) is 3.48. The molecular weight excluding hydrogens is 322 g/mol. The first-order valence-corrected chi connectivity index (χ1v) is 7.55. The van der Waals surface area contributed by atoms with E-state index in [0.29, 0.717) is 5.82 Å². The van der Waals surface area contributed by atoms with Gasteiger partial charge in [0.15, 0.2) is 11.5 Å². The highest BCUT2D eigenvalue weighted by atomic mass is 35.5. The largest absolute Gasteiger partial charge is 0.328 e. The predicted octanol–water partition coefficient (Wildman–Crippen LogP) is 3.10. The molecule has 110 valence electrons. The van der Waals surface area contributed by atoms with Crippen LogP contribution in [0.15, 0.2) is 37.1 Å². The van der Waals surface area contributed by atoms with Crippen molar-refractivity contribution in [3.63, 3.8) is 0 Å². The molecule has 0 fully saturated rings. The van der Waals surface area contributed by atoms with E-state index >= 15 is 0 Å². The maximum atomic E-state index is 5.82. The predicted molar refractivity (Wildman–Crippen MR) is 85.6 cm³/mol. The second-order valence-electron chi connectivity index (χ2n) is 4.69. The van der Waals surface area contributed by atoms with Crippen LogP contribution < -0.4 is 5.32 Å². The fraction of sp³-hybridized carbons (Fsp3) is 0.0769. The zero-order chi connectivity index (χ0) is 15.1. The summed E-state index contributed by atoms with van der Waals surface area (Å²) in [6, 6.07) is 1.97. The summed E-state index contributed by atoms with van der Waals surface area (Å²) in [7, 11) is 0. The minimum absolute atomic E-state index is 0.677. The average Bonchev–Trinajstić information content (AvgIpc) is 3.19. The monoisotopic (exact) mass is 331 g/mol. The normalized spacial score (nSPS) is 11.2. The fourth-order valence-corrected chi connectivity index (χ4v) is 3.00. The van der Waals surface area contributed by atoms with Crippen molar-refractivity contribution in [2.45, 2.75) is 6.92 Å². The number of aromatic nitrogens is 6. The van der Waals surface area contributed by atoms with Gasteiger partial charge in [-0.2, -0.15) is 13.7 Å². The Labute approximate surface area is 134 Å². The number of nitrogens with zero attached hydrogens (tertiary/aromatic N) is 6. The number of hydrogen-bond acceptors (Lipinski definition) is 6. The van der Waals surface area contributed by atoms with Crippen LogP contribution in [-0.4, -0.2) is 28.0 Å².